The van der Waals surface area contributed by atoms with Crippen LogP contribution in [0.1, 0.15) is 24.4 Å². The Kier molecular flexibility index (Phi) is 6.28. The van der Waals surface area contributed by atoms with Crippen LogP contribution in [0.5, 0.6) is 0 Å². The van der Waals surface area contributed by atoms with E-state index in [-0.39, 0.29) is 16.2 Å². The lowest BCUT2D eigenvalue weighted by Crippen LogP contribution is -2.25. The maximum Gasteiger partial charge on any atom is 0.257 e. The summed E-state index contributed by atoms with van der Waals surface area (Å²) in [4.78, 5) is 22.7. The van der Waals surface area contributed by atoms with E-state index in [1.165, 1.54) is 11.3 Å². The van der Waals surface area contributed by atoms with E-state index in [2.05, 4.69) is 41.8 Å². The highest BCUT2D eigenvalue weighted by atomic mass is 32.2. The third-order valence-electron chi connectivity index (χ3n) is 5.47. The second-order valence-electron chi connectivity index (χ2n) is 8.14. The van der Waals surface area contributed by atoms with Gasteiger partial charge in [0.1, 0.15) is 10.8 Å². The molecule has 0 saturated carbocycles. The molecule has 0 aliphatic heterocycles. The van der Waals surface area contributed by atoms with Gasteiger partial charge in [-0.1, -0.05) is 30.3 Å². The topological polar surface area (TPSA) is 83.1 Å². The lowest BCUT2D eigenvalue weighted by Gasteiger charge is -2.21. The molecule has 166 valence electrons. The van der Waals surface area contributed by atoms with Crippen molar-refractivity contribution in [2.75, 3.05) is 7.05 Å². The molecule has 6 nitrogen and oxygen atoms in total. The number of pyridine rings is 1. The Morgan fingerprint density at radius 3 is 2.56 bits per heavy atom. The zero-order valence-corrected chi connectivity index (χ0v) is 19.8. The Bertz CT molecular complexity index is 1410. The molecule has 0 unspecified atom stereocenters. The molecule has 0 amide bonds. The summed E-state index contributed by atoms with van der Waals surface area (Å²) in [6.45, 7) is 5.08. The van der Waals surface area contributed by atoms with Gasteiger partial charge in [0, 0.05) is 23.5 Å². The van der Waals surface area contributed by atoms with Crippen molar-refractivity contribution in [3.8, 4) is 11.3 Å². The van der Waals surface area contributed by atoms with Crippen molar-refractivity contribution in [2.24, 2.45) is 0 Å². The molecule has 2 heterocycles. The van der Waals surface area contributed by atoms with Crippen molar-refractivity contribution < 1.29 is 8.42 Å². The number of sulfone groups is 1. The van der Waals surface area contributed by atoms with Gasteiger partial charge in [0.2, 0.25) is 0 Å². The van der Waals surface area contributed by atoms with Crippen LogP contribution < -0.4 is 5.56 Å². The van der Waals surface area contributed by atoms with Crippen molar-refractivity contribution in [3.05, 3.63) is 80.9 Å². The van der Waals surface area contributed by atoms with Crippen molar-refractivity contribution >= 4 is 32.1 Å². The van der Waals surface area contributed by atoms with Gasteiger partial charge in [-0.3, -0.25) is 9.69 Å². The van der Waals surface area contributed by atoms with Gasteiger partial charge in [0.25, 0.3) is 5.56 Å². The number of aromatic nitrogens is 2. The van der Waals surface area contributed by atoms with E-state index in [1.54, 1.807) is 35.7 Å². The van der Waals surface area contributed by atoms with Crippen molar-refractivity contribution in [2.45, 2.75) is 37.1 Å². The predicted molar refractivity (Wildman–Crippen MR) is 130 cm³/mol. The maximum absolute atomic E-state index is 12.8. The molecule has 4 aromatic rings. The average molecular weight is 468 g/mol. The maximum atomic E-state index is 12.8. The van der Waals surface area contributed by atoms with Gasteiger partial charge in [-0.15, -0.1) is 11.3 Å². The Balaban J connectivity index is 1.61. The molecule has 2 aromatic carbocycles. The summed E-state index contributed by atoms with van der Waals surface area (Å²) >= 11 is 1.24. The standard InChI is InChI=1S/C24H25N3O3S2/c1-16(2)27(3)13-17-9-10-18-12-20(24(28)26-21(18)11-17)22-14-31-23(25-22)15-32(29,30)19-7-5-4-6-8-19/h4-12,14,16H,13,15H2,1-3H3,(H,26,28). The zero-order chi connectivity index (χ0) is 22.9. The number of fused-ring (bicyclic) bond motifs is 1. The van der Waals surface area contributed by atoms with Gasteiger partial charge in [-0.25, -0.2) is 13.4 Å². The first-order valence-electron chi connectivity index (χ1n) is 10.3. The van der Waals surface area contributed by atoms with E-state index in [9.17, 15) is 13.2 Å². The lowest BCUT2D eigenvalue weighted by atomic mass is 10.1. The van der Waals surface area contributed by atoms with Crippen molar-refractivity contribution in [1.29, 1.82) is 0 Å². The summed E-state index contributed by atoms with van der Waals surface area (Å²) in [6, 6.07) is 16.6. The smallest absolute Gasteiger partial charge is 0.257 e. The van der Waals surface area contributed by atoms with Crippen molar-refractivity contribution in [3.63, 3.8) is 0 Å². The summed E-state index contributed by atoms with van der Waals surface area (Å²) in [5.41, 5.74) is 2.58. The summed E-state index contributed by atoms with van der Waals surface area (Å²) in [7, 11) is -1.42. The quantitative estimate of drug-likeness (QED) is 0.434. The Labute approximate surface area is 191 Å². The third-order valence-corrected chi connectivity index (χ3v) is 8.14. The highest BCUT2D eigenvalue weighted by Crippen LogP contribution is 2.25. The lowest BCUT2D eigenvalue weighted by molar-refractivity contribution is 0.266. The normalized spacial score (nSPS) is 12.2. The van der Waals surface area contributed by atoms with Crippen LogP contribution in [0.15, 0.2) is 69.7 Å². The number of benzene rings is 2. The van der Waals surface area contributed by atoms with Gasteiger partial charge in [-0.05, 0) is 56.1 Å². The minimum absolute atomic E-state index is 0.195. The Morgan fingerprint density at radius 2 is 1.84 bits per heavy atom. The van der Waals surface area contributed by atoms with Crippen LogP contribution in [0.2, 0.25) is 0 Å². The highest BCUT2D eigenvalue weighted by Gasteiger charge is 2.18. The zero-order valence-electron chi connectivity index (χ0n) is 18.2. The SMILES string of the molecule is CC(C)N(C)Cc1ccc2cc(-c3csc(CS(=O)(=O)c4ccccc4)n3)c(=O)[nH]c2c1. The van der Waals surface area contributed by atoms with Gasteiger partial charge in [0.15, 0.2) is 9.84 Å². The number of nitrogens with one attached hydrogen (secondary N) is 1. The molecule has 8 heteroatoms. The monoisotopic (exact) mass is 467 g/mol. The molecule has 0 atom stereocenters. The molecule has 0 saturated heterocycles. The van der Waals surface area contributed by atoms with Gasteiger partial charge >= 0.3 is 0 Å². The van der Waals surface area contributed by atoms with Crippen molar-refractivity contribution in [1.82, 2.24) is 14.9 Å². The molecular formula is C24H25N3O3S2. The van der Waals surface area contributed by atoms with Crippen LogP contribution in [0, 0.1) is 0 Å². The fraction of sp³-hybridized carbons (Fsp3) is 0.250. The molecule has 32 heavy (non-hydrogen) atoms. The number of hydrogen-bond acceptors (Lipinski definition) is 6. The number of H-pyrrole nitrogens is 1. The minimum atomic E-state index is -3.49. The molecule has 0 spiro atoms. The summed E-state index contributed by atoms with van der Waals surface area (Å²) < 4.78 is 25.3. The number of thiazole rings is 1. The average Bonchev–Trinajstić information content (AvgIpc) is 3.21. The number of aromatic amines is 1. The van der Waals surface area contributed by atoms with Crippen LogP contribution in [-0.2, 0) is 22.1 Å². The molecule has 0 aliphatic rings. The predicted octanol–water partition coefficient (Wildman–Crippen LogP) is 4.47. The van der Waals surface area contributed by atoms with E-state index < -0.39 is 9.84 Å². The van der Waals surface area contributed by atoms with E-state index in [4.69, 9.17) is 0 Å². The van der Waals surface area contributed by atoms with Gasteiger partial charge in [0.05, 0.1) is 16.2 Å². The van der Waals surface area contributed by atoms with Crippen LogP contribution in [0.4, 0.5) is 0 Å². The van der Waals surface area contributed by atoms with E-state index in [0.717, 1.165) is 23.0 Å². The summed E-state index contributed by atoms with van der Waals surface area (Å²) in [5.74, 6) is -0.195. The molecule has 0 radical (unpaired) electrons. The minimum Gasteiger partial charge on any atom is -0.321 e. The molecule has 1 N–H and O–H groups in total. The largest absolute Gasteiger partial charge is 0.321 e. The molecular weight excluding hydrogens is 442 g/mol. The van der Waals surface area contributed by atoms with E-state index in [1.807, 2.05) is 18.2 Å². The second kappa shape index (κ2) is 8.97. The number of rotatable bonds is 7. The third kappa shape index (κ3) is 4.82. The Morgan fingerprint density at radius 1 is 1.09 bits per heavy atom. The second-order valence-corrected chi connectivity index (χ2v) is 11.1. The molecule has 0 bridgehead atoms. The fourth-order valence-corrected chi connectivity index (χ4v) is 5.83. The first-order valence-corrected chi connectivity index (χ1v) is 12.8. The molecule has 4 rings (SSSR count). The molecule has 0 aliphatic carbocycles. The highest BCUT2D eigenvalue weighted by molar-refractivity contribution is 7.90. The summed E-state index contributed by atoms with van der Waals surface area (Å²) in [6.07, 6.45) is 0. The van der Waals surface area contributed by atoms with Gasteiger partial charge < -0.3 is 4.98 Å². The van der Waals surface area contributed by atoms with E-state index >= 15 is 0 Å². The van der Waals surface area contributed by atoms with Crippen LogP contribution in [0.25, 0.3) is 22.2 Å². The van der Waals surface area contributed by atoms with E-state index in [0.29, 0.717) is 22.3 Å². The number of nitrogens with zero attached hydrogens (tertiary/aromatic N) is 2. The molecule has 2 aromatic heterocycles. The number of hydrogen-bond donors (Lipinski definition) is 1. The van der Waals surface area contributed by atoms with Crippen LogP contribution in [0.3, 0.4) is 0 Å². The Hall–Kier alpha value is -2.81. The molecule has 0 fully saturated rings. The first-order chi connectivity index (χ1) is 15.2. The van der Waals surface area contributed by atoms with Gasteiger partial charge in [-0.2, -0.15) is 0 Å². The summed E-state index contributed by atoms with van der Waals surface area (Å²) in [5, 5.41) is 3.09. The van der Waals surface area contributed by atoms with Crippen LogP contribution >= 0.6 is 11.3 Å². The fourth-order valence-electron chi connectivity index (χ4n) is 3.38. The first kappa shape index (κ1) is 22.4. The van der Waals surface area contributed by atoms with Crippen LogP contribution in [-0.4, -0.2) is 36.4 Å².